The van der Waals surface area contributed by atoms with Gasteiger partial charge in [-0.15, -0.1) is 0 Å². The molecule has 1 aromatic rings. The van der Waals surface area contributed by atoms with Gasteiger partial charge >= 0.3 is 0 Å². The van der Waals surface area contributed by atoms with Crippen molar-refractivity contribution >= 4 is 33.7 Å². The largest absolute Gasteiger partial charge is 0.377 e. The quantitative estimate of drug-likeness (QED) is 0.637. The minimum atomic E-state index is -0.837. The lowest BCUT2D eigenvalue weighted by Crippen LogP contribution is -2.33. The van der Waals surface area contributed by atoms with E-state index in [-0.39, 0.29) is 12.3 Å². The molecule has 120 valence electrons. The molecule has 2 rings (SSSR count). The predicted octanol–water partition coefficient (Wildman–Crippen LogP) is 2.12. The molecule has 1 N–H and O–H groups in total. The number of carbonyl (C=O) groups excluding carboxylic acids is 1. The van der Waals surface area contributed by atoms with Crippen molar-refractivity contribution < 1.29 is 14.3 Å². The van der Waals surface area contributed by atoms with Crippen LogP contribution in [0.5, 0.6) is 0 Å². The topological polar surface area (TPSA) is 63.2 Å². The van der Waals surface area contributed by atoms with E-state index >= 15 is 0 Å². The Labute approximate surface area is 138 Å². The number of hydrogen-bond acceptors (Lipinski definition) is 5. The van der Waals surface area contributed by atoms with E-state index in [1.165, 1.54) is 0 Å². The molecule has 0 unspecified atom stereocenters. The maximum atomic E-state index is 11.8. The molecular formula is C15H20BrN3O3. The molecular weight excluding hydrogens is 350 g/mol. The van der Waals surface area contributed by atoms with Gasteiger partial charge in [-0.25, -0.2) is 5.43 Å². The number of benzene rings is 1. The third-order valence-corrected chi connectivity index (χ3v) is 3.87. The van der Waals surface area contributed by atoms with E-state index in [2.05, 4.69) is 26.5 Å². The highest BCUT2D eigenvalue weighted by molar-refractivity contribution is 9.10. The van der Waals surface area contributed by atoms with Gasteiger partial charge < -0.3 is 14.4 Å². The highest BCUT2D eigenvalue weighted by atomic mass is 79.9. The van der Waals surface area contributed by atoms with Crippen LogP contribution < -0.4 is 10.3 Å². The molecule has 0 saturated carbocycles. The summed E-state index contributed by atoms with van der Waals surface area (Å²) < 4.78 is 11.7. The number of hydrogen-bond donors (Lipinski definition) is 1. The summed E-state index contributed by atoms with van der Waals surface area (Å²) in [6.07, 6.45) is 1.72. The lowest BCUT2D eigenvalue weighted by Gasteiger charge is -2.20. The lowest BCUT2D eigenvalue weighted by atomic mass is 10.2. The van der Waals surface area contributed by atoms with Crippen LogP contribution in [0.3, 0.4) is 0 Å². The van der Waals surface area contributed by atoms with Gasteiger partial charge in [-0.3, -0.25) is 4.79 Å². The van der Waals surface area contributed by atoms with E-state index < -0.39 is 5.79 Å². The molecule has 0 bridgehead atoms. The number of halogens is 1. The van der Waals surface area contributed by atoms with Crippen molar-refractivity contribution in [1.82, 2.24) is 5.43 Å². The zero-order valence-electron chi connectivity index (χ0n) is 12.9. The van der Waals surface area contributed by atoms with Crippen LogP contribution in [0.1, 0.15) is 18.9 Å². The highest BCUT2D eigenvalue weighted by Gasteiger charge is 2.33. The third-order valence-electron chi connectivity index (χ3n) is 3.24. The van der Waals surface area contributed by atoms with Gasteiger partial charge in [0.2, 0.25) is 5.91 Å². The summed E-state index contributed by atoms with van der Waals surface area (Å²) in [4.78, 5) is 13.8. The first kappa shape index (κ1) is 16.9. The van der Waals surface area contributed by atoms with Crippen LogP contribution >= 0.6 is 15.9 Å². The van der Waals surface area contributed by atoms with Crippen molar-refractivity contribution in [2.24, 2.45) is 5.10 Å². The number of carbonyl (C=O) groups is 1. The first-order valence-corrected chi connectivity index (χ1v) is 7.76. The van der Waals surface area contributed by atoms with Crippen LogP contribution in [0, 0.1) is 0 Å². The minimum absolute atomic E-state index is 0.119. The summed E-state index contributed by atoms with van der Waals surface area (Å²) in [6.45, 7) is 2.78. The smallest absolute Gasteiger partial charge is 0.245 e. The molecule has 0 atom stereocenters. The summed E-state index contributed by atoms with van der Waals surface area (Å²) in [5.74, 6) is -1.08. The average molecular weight is 370 g/mol. The van der Waals surface area contributed by atoms with E-state index in [9.17, 15) is 4.79 Å². The van der Waals surface area contributed by atoms with Gasteiger partial charge in [-0.2, -0.15) is 5.10 Å². The van der Waals surface area contributed by atoms with Crippen LogP contribution in [0.4, 0.5) is 5.69 Å². The molecule has 1 heterocycles. The number of nitrogens with one attached hydrogen (secondary N) is 1. The van der Waals surface area contributed by atoms with E-state index in [0.717, 1.165) is 15.7 Å². The maximum absolute atomic E-state index is 11.8. The predicted molar refractivity (Wildman–Crippen MR) is 89.1 cm³/mol. The molecule has 0 aliphatic carbocycles. The van der Waals surface area contributed by atoms with Crippen molar-refractivity contribution in [3.05, 3.63) is 28.2 Å². The number of nitrogens with zero attached hydrogens (tertiary/aromatic N) is 2. The Balaban J connectivity index is 1.89. The van der Waals surface area contributed by atoms with Crippen LogP contribution in [0.15, 0.2) is 27.8 Å². The van der Waals surface area contributed by atoms with Crippen LogP contribution in [0.2, 0.25) is 0 Å². The van der Waals surface area contributed by atoms with Gasteiger partial charge in [-0.05, 0) is 40.5 Å². The normalized spacial score (nSPS) is 16.9. The van der Waals surface area contributed by atoms with E-state index in [1.807, 2.05) is 37.2 Å². The molecule has 1 aliphatic heterocycles. The number of rotatable bonds is 5. The molecule has 1 aromatic carbocycles. The van der Waals surface area contributed by atoms with Crippen LogP contribution in [-0.4, -0.2) is 45.2 Å². The average Bonchev–Trinajstić information content (AvgIpc) is 2.84. The van der Waals surface area contributed by atoms with Crippen molar-refractivity contribution in [2.45, 2.75) is 19.1 Å². The second kappa shape index (κ2) is 7.21. The molecule has 1 amide bonds. The fourth-order valence-corrected chi connectivity index (χ4v) is 2.89. The van der Waals surface area contributed by atoms with E-state index in [4.69, 9.17) is 9.47 Å². The number of hydrazone groups is 1. The molecule has 0 radical (unpaired) electrons. The number of anilines is 1. The summed E-state index contributed by atoms with van der Waals surface area (Å²) in [5.41, 5.74) is 4.45. The van der Waals surface area contributed by atoms with Crippen molar-refractivity contribution in [3.63, 3.8) is 0 Å². The monoisotopic (exact) mass is 369 g/mol. The molecule has 22 heavy (non-hydrogen) atoms. The van der Waals surface area contributed by atoms with Crippen molar-refractivity contribution in [2.75, 3.05) is 32.2 Å². The molecule has 1 fully saturated rings. The van der Waals surface area contributed by atoms with E-state index in [0.29, 0.717) is 13.2 Å². The maximum Gasteiger partial charge on any atom is 0.245 e. The molecule has 0 aromatic heterocycles. The Morgan fingerprint density at radius 3 is 2.73 bits per heavy atom. The van der Waals surface area contributed by atoms with Crippen molar-refractivity contribution in [3.8, 4) is 0 Å². The molecule has 7 heteroatoms. The van der Waals surface area contributed by atoms with Crippen molar-refractivity contribution in [1.29, 1.82) is 0 Å². The fraction of sp³-hybridized carbons (Fsp3) is 0.467. The molecule has 1 aliphatic rings. The van der Waals surface area contributed by atoms with Gasteiger partial charge in [0.25, 0.3) is 0 Å². The second-order valence-electron chi connectivity index (χ2n) is 5.41. The summed E-state index contributed by atoms with van der Waals surface area (Å²) in [7, 11) is 3.95. The Kier molecular flexibility index (Phi) is 5.55. The Hall–Kier alpha value is -1.44. The molecule has 1 saturated heterocycles. The summed E-state index contributed by atoms with van der Waals surface area (Å²) in [6, 6.07) is 5.85. The Bertz CT molecular complexity index is 569. The first-order chi connectivity index (χ1) is 10.4. The zero-order chi connectivity index (χ0) is 16.2. The first-order valence-electron chi connectivity index (χ1n) is 6.96. The molecule has 0 spiro atoms. The van der Waals surface area contributed by atoms with Gasteiger partial charge in [-0.1, -0.05) is 6.07 Å². The number of ether oxygens (including phenoxy) is 2. The Morgan fingerprint density at radius 2 is 2.14 bits per heavy atom. The summed E-state index contributed by atoms with van der Waals surface area (Å²) >= 11 is 3.51. The third kappa shape index (κ3) is 4.53. The molecule has 6 nitrogen and oxygen atoms in total. The zero-order valence-corrected chi connectivity index (χ0v) is 14.5. The SMILES string of the molecule is CN(C)c1ccc(/C=N\NC(=O)CC2(C)OCCO2)cc1Br. The van der Waals surface area contributed by atoms with Gasteiger partial charge in [0.15, 0.2) is 5.79 Å². The minimum Gasteiger partial charge on any atom is -0.377 e. The van der Waals surface area contributed by atoms with Gasteiger partial charge in [0.1, 0.15) is 0 Å². The lowest BCUT2D eigenvalue weighted by molar-refractivity contribution is -0.159. The fourth-order valence-electron chi connectivity index (χ4n) is 2.13. The standard InChI is InChI=1S/C15H20BrN3O3/c1-15(21-6-7-22-15)9-14(20)18-17-10-11-4-5-13(19(2)3)12(16)8-11/h4-5,8,10H,6-7,9H2,1-3H3,(H,18,20)/b17-10-. The van der Waals surface area contributed by atoms with Gasteiger partial charge in [0, 0.05) is 18.6 Å². The second-order valence-corrected chi connectivity index (χ2v) is 6.26. The number of amides is 1. The van der Waals surface area contributed by atoms with Gasteiger partial charge in [0.05, 0.1) is 31.5 Å². The summed E-state index contributed by atoms with van der Waals surface area (Å²) in [5, 5.41) is 3.96. The van der Waals surface area contributed by atoms with Crippen LogP contribution in [-0.2, 0) is 14.3 Å². The van der Waals surface area contributed by atoms with E-state index in [1.54, 1.807) is 13.1 Å². The van der Waals surface area contributed by atoms with Crippen LogP contribution in [0.25, 0.3) is 0 Å². The Morgan fingerprint density at radius 1 is 1.45 bits per heavy atom. The highest BCUT2D eigenvalue weighted by Crippen LogP contribution is 2.25.